The summed E-state index contributed by atoms with van der Waals surface area (Å²) in [4.78, 5) is 9.57. The van der Waals surface area contributed by atoms with Crippen molar-refractivity contribution >= 4 is 50.6 Å². The molecule has 4 heterocycles. The smallest absolute Gasteiger partial charge is 0.484 e. The van der Waals surface area contributed by atoms with Crippen LogP contribution in [-0.2, 0) is 31.9 Å². The molecule has 0 amide bonds. The van der Waals surface area contributed by atoms with E-state index in [4.69, 9.17) is 22.9 Å². The predicted molar refractivity (Wildman–Crippen MR) is 234 cm³/mol. The molecule has 0 radical (unpaired) electrons. The van der Waals surface area contributed by atoms with Gasteiger partial charge in [0.15, 0.2) is 0 Å². The van der Waals surface area contributed by atoms with E-state index in [0.29, 0.717) is 22.7 Å². The summed E-state index contributed by atoms with van der Waals surface area (Å²) >= 11 is 0. The van der Waals surface area contributed by atoms with E-state index >= 15 is 0 Å². The molecule has 8 aromatic rings. The molecule has 1 aliphatic rings. The van der Waals surface area contributed by atoms with Crippen LogP contribution in [0, 0.1) is 25.8 Å². The number of nitrogens with zero attached hydrogens (tertiary/aromatic N) is 5. The number of benzene rings is 5. The van der Waals surface area contributed by atoms with E-state index < -0.39 is 13.7 Å². The Labute approximate surface area is 363 Å². The van der Waals surface area contributed by atoms with E-state index in [2.05, 4.69) is 88.5 Å². The van der Waals surface area contributed by atoms with E-state index in [-0.39, 0.29) is 54.5 Å². The maximum absolute atomic E-state index is 8.41. The second-order valence-corrected chi connectivity index (χ2v) is 16.4. The van der Waals surface area contributed by atoms with Gasteiger partial charge < -0.3 is 9.30 Å². The first-order chi connectivity index (χ1) is 29.8. The van der Waals surface area contributed by atoms with Gasteiger partial charge in [0.05, 0.1) is 5.56 Å². The third kappa shape index (κ3) is 6.91. The van der Waals surface area contributed by atoms with Crippen LogP contribution in [0.25, 0.3) is 38.8 Å². The second-order valence-electron chi connectivity index (χ2n) is 16.4. The van der Waals surface area contributed by atoms with Crippen LogP contribution in [0.15, 0.2) is 128 Å². The van der Waals surface area contributed by atoms with Crippen LogP contribution in [0.5, 0.6) is 11.6 Å². The molecular weight excluding hydrogens is 894 g/mol. The van der Waals surface area contributed by atoms with Crippen LogP contribution in [0.2, 0.25) is 0 Å². The summed E-state index contributed by atoms with van der Waals surface area (Å²) in [5.41, 5.74) is 6.73. The van der Waals surface area contributed by atoms with Gasteiger partial charge in [0, 0.05) is 43.9 Å². The van der Waals surface area contributed by atoms with Crippen LogP contribution in [0.3, 0.4) is 0 Å². The van der Waals surface area contributed by atoms with Crippen LogP contribution in [0.1, 0.15) is 72.0 Å². The first-order valence-electron chi connectivity index (χ1n) is 22.0. The second kappa shape index (κ2) is 14.8. The summed E-state index contributed by atoms with van der Waals surface area (Å²) in [5, 5.41) is 1.94. The Balaban J connectivity index is 0.00000560. The average molecular weight is 945 g/mol. The fourth-order valence-corrected chi connectivity index (χ4v) is 7.45. The monoisotopic (exact) mass is 944 g/mol. The van der Waals surface area contributed by atoms with Gasteiger partial charge in [0.2, 0.25) is 5.69 Å². The molecular formula is C51H45N5OPt+2. The predicted octanol–water partition coefficient (Wildman–Crippen LogP) is 12.7. The Morgan fingerprint density at radius 1 is 0.672 bits per heavy atom. The molecule has 288 valence electrons. The van der Waals surface area contributed by atoms with Crippen molar-refractivity contribution in [1.29, 1.82) is 0 Å². The topological polar surface area (TPSA) is 46.0 Å². The SMILES string of the molecule is [2H]C([2H])([2H])c1cccc(C([2H])([2H])[2H])c1-c1ccccc1[N+]1=C=[N+](c2[c-]c(Oc3[c-]c4c(cn3)c3ccccc3n4-c3cc(C(C)(C)C)ccn3)cc(C(C)(C)C)c2)c2ccccc21.[Pt+2]. The summed E-state index contributed by atoms with van der Waals surface area (Å²) in [7, 11) is 0. The van der Waals surface area contributed by atoms with Gasteiger partial charge >= 0.3 is 27.1 Å². The van der Waals surface area contributed by atoms with E-state index in [1.54, 1.807) is 12.1 Å². The molecule has 0 fully saturated rings. The minimum Gasteiger partial charge on any atom is -0.484 e. The Bertz CT molecular complexity index is 3170. The number of fused-ring (bicyclic) bond motifs is 4. The van der Waals surface area contributed by atoms with Crippen molar-refractivity contribution in [2.75, 3.05) is 0 Å². The van der Waals surface area contributed by atoms with Gasteiger partial charge in [-0.3, -0.25) is 4.98 Å². The van der Waals surface area contributed by atoms with Crippen molar-refractivity contribution < 1.29 is 34.0 Å². The van der Waals surface area contributed by atoms with Crippen molar-refractivity contribution in [3.05, 3.63) is 162 Å². The summed E-state index contributed by atoms with van der Waals surface area (Å²) in [6.07, 6.45) is 3.66. The molecule has 6 nitrogen and oxygen atoms in total. The molecule has 7 heteroatoms. The molecule has 9 rings (SSSR count). The first kappa shape index (κ1) is 32.1. The molecule has 0 atom stereocenters. The molecule has 58 heavy (non-hydrogen) atoms. The molecule has 0 N–H and O–H groups in total. The summed E-state index contributed by atoms with van der Waals surface area (Å²) < 4.78 is 62.9. The van der Waals surface area contributed by atoms with E-state index in [1.807, 2.05) is 82.2 Å². The first-order valence-corrected chi connectivity index (χ1v) is 19.0. The number of aromatic nitrogens is 3. The molecule has 0 spiro atoms. The Morgan fingerprint density at radius 3 is 2.07 bits per heavy atom. The third-order valence-corrected chi connectivity index (χ3v) is 10.5. The quantitative estimate of drug-likeness (QED) is 0.123. The zero-order valence-corrected chi connectivity index (χ0v) is 35.4. The van der Waals surface area contributed by atoms with Gasteiger partial charge in [-0.05, 0) is 81.8 Å². The molecule has 0 saturated carbocycles. The molecule has 0 saturated heterocycles. The maximum atomic E-state index is 8.41. The Hall–Kier alpha value is -5.93. The van der Waals surface area contributed by atoms with Crippen LogP contribution < -0.4 is 13.9 Å². The number of rotatable bonds is 6. The van der Waals surface area contributed by atoms with Crippen LogP contribution in [-0.4, -0.2) is 20.5 Å². The van der Waals surface area contributed by atoms with Crippen molar-refractivity contribution in [2.45, 2.75) is 66.1 Å². The van der Waals surface area contributed by atoms with Gasteiger partial charge in [-0.15, -0.1) is 22.5 Å². The van der Waals surface area contributed by atoms with Crippen LogP contribution in [0.4, 0.5) is 22.7 Å². The number of pyridine rings is 2. The fourth-order valence-electron chi connectivity index (χ4n) is 7.45. The van der Waals surface area contributed by atoms with Crippen molar-refractivity contribution in [3.63, 3.8) is 0 Å². The van der Waals surface area contributed by atoms with Gasteiger partial charge in [-0.25, -0.2) is 4.98 Å². The number of hydrogen-bond donors (Lipinski definition) is 0. The zero-order chi connectivity index (χ0) is 44.6. The standard InChI is InChI=1S/C51H45N5O.Pt/c1-33-16-15-17-34(2)49(33)40-19-10-11-20-42(40)55-32-54(44-22-13-14-23-45(44)55)37-26-36(51(6,7)8)27-38(29-37)57-48-30-46-41(31-53-48)39-18-9-12-21-43(39)56(46)47-28-35(24-25-52-47)50(3,4)5;/h9-28,31H,1-8H3;/q;+2/i1D3,2D3;. The van der Waals surface area contributed by atoms with Gasteiger partial charge in [0.1, 0.15) is 17.4 Å². The summed E-state index contributed by atoms with van der Waals surface area (Å²) in [5.74, 6) is 1.45. The average Bonchev–Trinajstić information content (AvgIpc) is 3.78. The Morgan fingerprint density at radius 2 is 1.34 bits per heavy atom. The van der Waals surface area contributed by atoms with E-state index in [9.17, 15) is 0 Å². The third-order valence-electron chi connectivity index (χ3n) is 10.5. The molecule has 0 unspecified atom stereocenters. The number of ether oxygens (including phenoxy) is 1. The van der Waals surface area contributed by atoms with E-state index in [1.165, 1.54) is 18.2 Å². The molecule has 1 aliphatic heterocycles. The number of para-hydroxylation sites is 4. The van der Waals surface area contributed by atoms with Crippen molar-refractivity contribution in [2.24, 2.45) is 0 Å². The van der Waals surface area contributed by atoms with Gasteiger partial charge in [0.25, 0.3) is 11.4 Å². The normalized spacial score (nSPS) is 14.6. The molecule has 0 bridgehead atoms. The largest absolute Gasteiger partial charge is 2.00 e. The minimum absolute atomic E-state index is 0. The maximum Gasteiger partial charge on any atom is 2.00 e. The van der Waals surface area contributed by atoms with Crippen molar-refractivity contribution in [1.82, 2.24) is 23.7 Å². The zero-order valence-electron chi connectivity index (χ0n) is 39.1. The minimum atomic E-state index is -2.58. The molecule has 5 aromatic carbocycles. The van der Waals surface area contributed by atoms with Crippen molar-refractivity contribution in [3.8, 4) is 28.6 Å². The van der Waals surface area contributed by atoms with Gasteiger partial charge in [-0.2, -0.15) is 6.07 Å². The number of aryl methyl sites for hydroxylation is 2. The van der Waals surface area contributed by atoms with Crippen LogP contribution >= 0.6 is 0 Å². The van der Waals surface area contributed by atoms with Gasteiger partial charge in [-0.1, -0.05) is 124 Å². The molecule has 3 aromatic heterocycles. The Kier molecular flexibility index (Phi) is 8.17. The summed E-state index contributed by atoms with van der Waals surface area (Å²) in [6.45, 7) is 7.78. The molecule has 0 aliphatic carbocycles. The fraction of sp³-hybridized carbons (Fsp3) is 0.196. The van der Waals surface area contributed by atoms with E-state index in [0.717, 1.165) is 50.1 Å². The number of hydrogen-bond acceptors (Lipinski definition) is 3. The summed E-state index contributed by atoms with van der Waals surface area (Å²) in [6, 6.07) is 46.3.